The summed E-state index contributed by atoms with van der Waals surface area (Å²) in [6, 6.07) is 20.5. The van der Waals surface area contributed by atoms with Crippen LogP contribution in [0.5, 0.6) is 0 Å². The van der Waals surface area contributed by atoms with Crippen LogP contribution in [0.3, 0.4) is 0 Å². The number of rotatable bonds is 1. The Morgan fingerprint density at radius 2 is 1.77 bits per heavy atom. The first-order valence-electron chi connectivity index (χ1n) is 6.81. The van der Waals surface area contributed by atoms with Crippen LogP contribution in [-0.2, 0) is 0 Å². The zero-order chi connectivity index (χ0) is 15.1. The molecule has 4 nitrogen and oxygen atoms in total. The number of hydrogen-bond acceptors (Lipinski definition) is 3. The van der Waals surface area contributed by atoms with Crippen LogP contribution in [0.25, 0.3) is 27.7 Å². The average molecular weight is 286 g/mol. The smallest absolute Gasteiger partial charge is 0.409 e. The largest absolute Gasteiger partial charge is 0.424 e. The fourth-order valence-electron chi connectivity index (χ4n) is 2.64. The van der Waals surface area contributed by atoms with Gasteiger partial charge in [-0.3, -0.25) is 0 Å². The van der Waals surface area contributed by atoms with Crippen LogP contribution in [0.4, 0.5) is 0 Å². The monoisotopic (exact) mass is 286 g/mol. The second-order valence-electron chi connectivity index (χ2n) is 5.03. The number of para-hydroxylation sites is 1. The summed E-state index contributed by atoms with van der Waals surface area (Å²) in [5, 5.41) is 9.83. The lowest BCUT2D eigenvalue weighted by atomic mass is 10.1. The normalized spacial score (nSPS) is 10.9. The van der Waals surface area contributed by atoms with E-state index in [0.29, 0.717) is 11.3 Å². The fourth-order valence-corrected chi connectivity index (χ4v) is 2.64. The minimum absolute atomic E-state index is 0.418. The Bertz CT molecular complexity index is 1100. The Balaban J connectivity index is 1.98. The Morgan fingerprint density at radius 3 is 2.55 bits per heavy atom. The molecule has 0 fully saturated rings. The lowest BCUT2D eigenvalue weighted by Crippen LogP contribution is -2.10. The van der Waals surface area contributed by atoms with Gasteiger partial charge in [0.2, 0.25) is 0 Å². The predicted octanol–water partition coefficient (Wildman–Crippen LogP) is 3.58. The average Bonchev–Trinajstić information content (AvgIpc) is 2.93. The maximum Gasteiger partial charge on any atom is 0.424 e. The maximum absolute atomic E-state index is 12.3. The Morgan fingerprint density at radius 1 is 1.00 bits per heavy atom. The van der Waals surface area contributed by atoms with Gasteiger partial charge in [-0.05, 0) is 36.4 Å². The Labute approximate surface area is 125 Å². The third-order valence-corrected chi connectivity index (χ3v) is 3.70. The molecule has 4 rings (SSSR count). The first kappa shape index (κ1) is 12.4. The molecule has 0 saturated heterocycles. The molecule has 0 aliphatic rings. The van der Waals surface area contributed by atoms with E-state index in [9.17, 15) is 4.79 Å². The van der Waals surface area contributed by atoms with Crippen LogP contribution in [0.1, 0.15) is 5.56 Å². The highest BCUT2D eigenvalue weighted by Gasteiger charge is 2.10. The van der Waals surface area contributed by atoms with Gasteiger partial charge < -0.3 is 4.42 Å². The van der Waals surface area contributed by atoms with Gasteiger partial charge in [-0.2, -0.15) is 5.26 Å². The molecule has 0 radical (unpaired) electrons. The maximum atomic E-state index is 12.3. The standard InChI is InChI=1S/C18H10N2O2/c19-11-12-5-7-13(8-6-12)17-10-15-9-14-3-1-2-4-16(14)20(15)18(21)22-17/h1-10H. The molecule has 0 aliphatic carbocycles. The highest BCUT2D eigenvalue weighted by molar-refractivity contribution is 5.87. The molecule has 22 heavy (non-hydrogen) atoms. The summed E-state index contributed by atoms with van der Waals surface area (Å²) in [5.74, 6) is 0.0721. The van der Waals surface area contributed by atoms with Crippen LogP contribution in [0.2, 0.25) is 0 Å². The van der Waals surface area contributed by atoms with Gasteiger partial charge in [0.25, 0.3) is 0 Å². The predicted molar refractivity (Wildman–Crippen MR) is 83.6 cm³/mol. The van der Waals surface area contributed by atoms with Crippen molar-refractivity contribution >= 4 is 16.4 Å². The molecule has 4 heteroatoms. The molecule has 0 spiro atoms. The van der Waals surface area contributed by atoms with Gasteiger partial charge in [0, 0.05) is 17.0 Å². The van der Waals surface area contributed by atoms with Crippen molar-refractivity contribution in [1.82, 2.24) is 4.40 Å². The first-order chi connectivity index (χ1) is 10.8. The zero-order valence-electron chi connectivity index (χ0n) is 11.5. The topological polar surface area (TPSA) is 58.4 Å². The van der Waals surface area contributed by atoms with Gasteiger partial charge in [0.1, 0.15) is 5.76 Å². The van der Waals surface area contributed by atoms with Gasteiger partial charge in [-0.1, -0.05) is 18.2 Å². The number of nitriles is 1. The van der Waals surface area contributed by atoms with Crippen molar-refractivity contribution in [3.05, 3.63) is 76.8 Å². The summed E-state index contributed by atoms with van der Waals surface area (Å²) in [5.41, 5.74) is 2.96. The highest BCUT2D eigenvalue weighted by Crippen LogP contribution is 2.24. The minimum Gasteiger partial charge on any atom is -0.409 e. The number of hydrogen-bond donors (Lipinski definition) is 0. The molecule has 0 bridgehead atoms. The Kier molecular flexibility index (Phi) is 2.60. The second-order valence-corrected chi connectivity index (χ2v) is 5.03. The van der Waals surface area contributed by atoms with E-state index in [0.717, 1.165) is 22.0 Å². The van der Waals surface area contributed by atoms with E-state index >= 15 is 0 Å². The van der Waals surface area contributed by atoms with E-state index in [1.54, 1.807) is 28.7 Å². The summed E-state index contributed by atoms with van der Waals surface area (Å²) >= 11 is 0. The summed E-state index contributed by atoms with van der Waals surface area (Å²) in [6.45, 7) is 0. The molecule has 0 unspecified atom stereocenters. The number of aromatic nitrogens is 1. The van der Waals surface area contributed by atoms with E-state index in [2.05, 4.69) is 6.07 Å². The van der Waals surface area contributed by atoms with Gasteiger partial charge in [-0.25, -0.2) is 9.20 Å². The van der Waals surface area contributed by atoms with E-state index in [-0.39, 0.29) is 0 Å². The first-order valence-corrected chi connectivity index (χ1v) is 6.81. The van der Waals surface area contributed by atoms with Gasteiger partial charge in [0.05, 0.1) is 22.7 Å². The molecule has 0 saturated carbocycles. The summed E-state index contributed by atoms with van der Waals surface area (Å²) < 4.78 is 7.00. The van der Waals surface area contributed by atoms with E-state index < -0.39 is 5.76 Å². The molecular formula is C18H10N2O2. The quantitative estimate of drug-likeness (QED) is 0.537. The molecule has 0 atom stereocenters. The summed E-state index contributed by atoms with van der Waals surface area (Å²) in [6.07, 6.45) is 0. The summed E-state index contributed by atoms with van der Waals surface area (Å²) in [4.78, 5) is 12.3. The number of fused-ring (bicyclic) bond motifs is 3. The SMILES string of the molecule is N#Cc1ccc(-c2cc3cc4ccccc4n3c(=O)o2)cc1. The highest BCUT2D eigenvalue weighted by atomic mass is 16.4. The van der Waals surface area contributed by atoms with Crippen molar-refractivity contribution in [2.24, 2.45) is 0 Å². The Hall–Kier alpha value is -3.32. The lowest BCUT2D eigenvalue weighted by Gasteiger charge is -2.02. The molecule has 4 aromatic rings. The molecule has 104 valence electrons. The third-order valence-electron chi connectivity index (χ3n) is 3.70. The fraction of sp³-hybridized carbons (Fsp3) is 0. The van der Waals surface area contributed by atoms with Crippen molar-refractivity contribution in [3.8, 4) is 17.4 Å². The summed E-state index contributed by atoms with van der Waals surface area (Å²) in [7, 11) is 0. The van der Waals surface area contributed by atoms with Crippen LogP contribution in [0.15, 0.2) is 69.9 Å². The van der Waals surface area contributed by atoms with Gasteiger partial charge in [-0.15, -0.1) is 0 Å². The number of nitrogens with zero attached hydrogens (tertiary/aromatic N) is 2. The van der Waals surface area contributed by atoms with E-state index in [4.69, 9.17) is 9.68 Å². The van der Waals surface area contributed by atoms with Crippen molar-refractivity contribution in [1.29, 1.82) is 5.26 Å². The molecule has 2 heterocycles. The van der Waals surface area contributed by atoms with Gasteiger partial charge in [0.15, 0.2) is 0 Å². The zero-order valence-corrected chi connectivity index (χ0v) is 11.5. The number of benzene rings is 2. The molecule has 0 amide bonds. The van der Waals surface area contributed by atoms with Crippen LogP contribution in [0, 0.1) is 11.3 Å². The van der Waals surface area contributed by atoms with Crippen LogP contribution in [-0.4, -0.2) is 4.40 Å². The molecule has 2 aromatic carbocycles. The third kappa shape index (κ3) is 1.80. The lowest BCUT2D eigenvalue weighted by molar-refractivity contribution is 0.493. The van der Waals surface area contributed by atoms with E-state index in [1.165, 1.54) is 0 Å². The molecule has 0 aliphatic heterocycles. The van der Waals surface area contributed by atoms with Crippen molar-refractivity contribution < 1.29 is 4.42 Å². The molecule has 2 aromatic heterocycles. The molecule has 0 N–H and O–H groups in total. The minimum atomic E-state index is -0.418. The van der Waals surface area contributed by atoms with E-state index in [1.807, 2.05) is 36.4 Å². The van der Waals surface area contributed by atoms with Crippen molar-refractivity contribution in [2.75, 3.05) is 0 Å². The second kappa shape index (κ2) is 4.61. The molecular weight excluding hydrogens is 276 g/mol. The van der Waals surface area contributed by atoms with Gasteiger partial charge >= 0.3 is 5.76 Å². The van der Waals surface area contributed by atoms with Crippen molar-refractivity contribution in [3.63, 3.8) is 0 Å². The van der Waals surface area contributed by atoms with Crippen LogP contribution < -0.4 is 5.76 Å². The van der Waals surface area contributed by atoms with Crippen molar-refractivity contribution in [2.45, 2.75) is 0 Å². The van der Waals surface area contributed by atoms with Crippen LogP contribution >= 0.6 is 0 Å².